The van der Waals surface area contributed by atoms with E-state index in [9.17, 15) is 21.6 Å². The van der Waals surface area contributed by atoms with Crippen LogP contribution >= 0.6 is 0 Å². The molecule has 0 spiro atoms. The fraction of sp³-hybridized carbons (Fsp3) is 1.00. The molecule has 2 N–H and O–H groups in total. The zero-order valence-electron chi connectivity index (χ0n) is 8.43. The maximum atomic E-state index is 12.0. The monoisotopic (exact) mass is 249 g/mol. The van der Waals surface area contributed by atoms with Crippen LogP contribution < -0.4 is 4.72 Å². The Morgan fingerprint density at radius 2 is 1.60 bits per heavy atom. The third-order valence-corrected chi connectivity index (χ3v) is 3.62. The van der Waals surface area contributed by atoms with E-state index in [1.165, 1.54) is 18.6 Å². The normalized spacial score (nSPS) is 14.3. The molecule has 0 aliphatic heterocycles. The Labute approximate surface area is 86.5 Å². The first-order chi connectivity index (χ1) is 6.64. The minimum atomic E-state index is -5.40. The molecule has 0 aliphatic carbocycles. The number of halogens is 3. The van der Waals surface area contributed by atoms with Crippen LogP contribution in [0.15, 0.2) is 0 Å². The zero-order chi connectivity index (χ0) is 12.3. The second kappa shape index (κ2) is 4.67. The maximum Gasteiger partial charge on any atom is 0.511 e. The summed E-state index contributed by atoms with van der Waals surface area (Å²) in [5.74, 6) is 0. The predicted molar refractivity (Wildman–Crippen MR) is 48.5 cm³/mol. The van der Waals surface area contributed by atoms with Gasteiger partial charge in [0.05, 0.1) is 12.1 Å². The molecule has 4 nitrogen and oxygen atoms in total. The van der Waals surface area contributed by atoms with Crippen molar-refractivity contribution in [2.24, 2.45) is 0 Å². The second-order valence-corrected chi connectivity index (χ2v) is 4.87. The Bertz CT molecular complexity index is 287. The standard InChI is InChI=1S/C7H14F3NO3S/c1-3-6(4-2,5-12)11-15(13,14)7(8,9)10/h11-12H,3-5H2,1-2H3. The second-order valence-electron chi connectivity index (χ2n) is 3.20. The molecule has 8 heteroatoms. The Morgan fingerprint density at radius 1 is 1.20 bits per heavy atom. The molecule has 0 amide bonds. The molecular formula is C7H14F3NO3S. The first-order valence-electron chi connectivity index (χ1n) is 4.35. The van der Waals surface area contributed by atoms with E-state index in [1.54, 1.807) is 0 Å². The van der Waals surface area contributed by atoms with Crippen molar-refractivity contribution in [3.63, 3.8) is 0 Å². The maximum absolute atomic E-state index is 12.0. The number of hydrogen-bond acceptors (Lipinski definition) is 3. The van der Waals surface area contributed by atoms with Gasteiger partial charge in [-0.1, -0.05) is 13.8 Å². The fourth-order valence-corrected chi connectivity index (χ4v) is 2.03. The lowest BCUT2D eigenvalue weighted by atomic mass is 9.96. The van der Waals surface area contributed by atoms with Gasteiger partial charge in [0, 0.05) is 0 Å². The number of aliphatic hydroxyl groups excluding tert-OH is 1. The van der Waals surface area contributed by atoms with Gasteiger partial charge < -0.3 is 5.11 Å². The largest absolute Gasteiger partial charge is 0.511 e. The van der Waals surface area contributed by atoms with Gasteiger partial charge in [-0.15, -0.1) is 0 Å². The van der Waals surface area contributed by atoms with Gasteiger partial charge in [-0.2, -0.15) is 17.9 Å². The van der Waals surface area contributed by atoms with Crippen molar-refractivity contribution >= 4 is 10.0 Å². The van der Waals surface area contributed by atoms with Gasteiger partial charge in [0.25, 0.3) is 0 Å². The number of sulfonamides is 1. The van der Waals surface area contributed by atoms with Crippen molar-refractivity contribution in [2.45, 2.75) is 37.7 Å². The van der Waals surface area contributed by atoms with Crippen LogP contribution in [0.4, 0.5) is 13.2 Å². The van der Waals surface area contributed by atoms with E-state index in [2.05, 4.69) is 0 Å². The summed E-state index contributed by atoms with van der Waals surface area (Å²) in [6, 6.07) is 0. The first-order valence-corrected chi connectivity index (χ1v) is 5.83. The molecule has 0 saturated carbocycles. The number of nitrogens with one attached hydrogen (secondary N) is 1. The third kappa shape index (κ3) is 3.32. The molecule has 0 fully saturated rings. The highest BCUT2D eigenvalue weighted by molar-refractivity contribution is 7.90. The van der Waals surface area contributed by atoms with Crippen molar-refractivity contribution in [1.29, 1.82) is 0 Å². The molecule has 0 aliphatic rings. The molecule has 0 aromatic carbocycles. The lowest BCUT2D eigenvalue weighted by molar-refractivity contribution is -0.0461. The molecule has 0 unspecified atom stereocenters. The van der Waals surface area contributed by atoms with E-state index < -0.39 is 27.7 Å². The van der Waals surface area contributed by atoms with E-state index in [0.717, 1.165) is 0 Å². The Kier molecular flexibility index (Phi) is 4.56. The van der Waals surface area contributed by atoms with Crippen LogP contribution in [0.2, 0.25) is 0 Å². The summed E-state index contributed by atoms with van der Waals surface area (Å²) >= 11 is 0. The van der Waals surface area contributed by atoms with Crippen LogP contribution in [0, 0.1) is 0 Å². The first kappa shape index (κ1) is 14.7. The summed E-state index contributed by atoms with van der Waals surface area (Å²) < 4.78 is 59.2. The number of hydrogen-bond donors (Lipinski definition) is 2. The minimum Gasteiger partial charge on any atom is -0.394 e. The van der Waals surface area contributed by atoms with Gasteiger partial charge in [0.1, 0.15) is 0 Å². The summed E-state index contributed by atoms with van der Waals surface area (Å²) in [5, 5.41) is 8.91. The van der Waals surface area contributed by atoms with Crippen LogP contribution in [0.3, 0.4) is 0 Å². The number of rotatable bonds is 5. The average molecular weight is 249 g/mol. The molecule has 0 bridgehead atoms. The number of alkyl halides is 3. The summed E-state index contributed by atoms with van der Waals surface area (Å²) in [6.45, 7) is 2.33. The molecule has 0 heterocycles. The minimum absolute atomic E-state index is 0.0787. The van der Waals surface area contributed by atoms with Crippen LogP contribution in [0.1, 0.15) is 26.7 Å². The van der Waals surface area contributed by atoms with E-state index >= 15 is 0 Å². The van der Waals surface area contributed by atoms with Gasteiger partial charge in [0.15, 0.2) is 0 Å². The third-order valence-electron chi connectivity index (χ3n) is 2.31. The Balaban J connectivity index is 5.00. The van der Waals surface area contributed by atoms with Crippen molar-refractivity contribution in [1.82, 2.24) is 4.72 Å². The van der Waals surface area contributed by atoms with E-state index in [-0.39, 0.29) is 12.8 Å². The molecule has 0 saturated heterocycles. The smallest absolute Gasteiger partial charge is 0.394 e. The number of aliphatic hydroxyl groups is 1. The highest BCUT2D eigenvalue weighted by Gasteiger charge is 2.49. The van der Waals surface area contributed by atoms with E-state index in [0.29, 0.717) is 0 Å². The molecular weight excluding hydrogens is 235 g/mol. The molecule has 15 heavy (non-hydrogen) atoms. The van der Waals surface area contributed by atoms with Crippen molar-refractivity contribution in [3.05, 3.63) is 0 Å². The lowest BCUT2D eigenvalue weighted by Gasteiger charge is -2.30. The van der Waals surface area contributed by atoms with Crippen molar-refractivity contribution in [3.8, 4) is 0 Å². The summed E-state index contributed by atoms with van der Waals surface area (Å²) in [7, 11) is -5.40. The molecule has 0 rings (SSSR count). The van der Waals surface area contributed by atoms with Crippen molar-refractivity contribution < 1.29 is 26.7 Å². The Hall–Kier alpha value is -0.340. The van der Waals surface area contributed by atoms with E-state index in [4.69, 9.17) is 5.11 Å². The molecule has 0 aromatic heterocycles. The highest BCUT2D eigenvalue weighted by atomic mass is 32.2. The summed E-state index contributed by atoms with van der Waals surface area (Å²) in [6.07, 6.45) is 0.157. The van der Waals surface area contributed by atoms with Gasteiger partial charge in [-0.3, -0.25) is 0 Å². The molecule has 0 radical (unpaired) electrons. The van der Waals surface area contributed by atoms with Gasteiger partial charge in [-0.05, 0) is 12.8 Å². The summed E-state index contributed by atoms with van der Waals surface area (Å²) in [5.41, 5.74) is -6.79. The van der Waals surface area contributed by atoms with Crippen molar-refractivity contribution in [2.75, 3.05) is 6.61 Å². The van der Waals surface area contributed by atoms with Gasteiger partial charge in [-0.25, -0.2) is 8.42 Å². The summed E-state index contributed by atoms with van der Waals surface area (Å²) in [4.78, 5) is 0. The SMILES string of the molecule is CCC(CC)(CO)NS(=O)(=O)C(F)(F)F. The zero-order valence-corrected chi connectivity index (χ0v) is 9.24. The fourth-order valence-electron chi connectivity index (χ4n) is 0.993. The van der Waals surface area contributed by atoms with Crippen LogP contribution in [-0.2, 0) is 10.0 Å². The molecule has 0 aromatic rings. The Morgan fingerprint density at radius 3 is 1.80 bits per heavy atom. The van der Waals surface area contributed by atoms with E-state index in [1.807, 2.05) is 0 Å². The predicted octanol–water partition coefficient (Wildman–Crippen LogP) is 0.977. The highest BCUT2D eigenvalue weighted by Crippen LogP contribution is 2.26. The van der Waals surface area contributed by atoms with Gasteiger partial charge in [0.2, 0.25) is 0 Å². The van der Waals surface area contributed by atoms with Gasteiger partial charge >= 0.3 is 15.5 Å². The molecule has 92 valence electrons. The lowest BCUT2D eigenvalue weighted by Crippen LogP contribution is -2.54. The topological polar surface area (TPSA) is 66.4 Å². The molecule has 0 atom stereocenters. The van der Waals surface area contributed by atoms with Crippen LogP contribution in [-0.4, -0.2) is 31.2 Å². The van der Waals surface area contributed by atoms with Crippen LogP contribution in [0.25, 0.3) is 0 Å². The quantitative estimate of drug-likeness (QED) is 0.763. The average Bonchev–Trinajstić information content (AvgIpc) is 2.12. The van der Waals surface area contributed by atoms with Crippen LogP contribution in [0.5, 0.6) is 0 Å².